The summed E-state index contributed by atoms with van der Waals surface area (Å²) in [7, 11) is -1.47. The second-order valence-electron chi connectivity index (χ2n) is 5.12. The zero-order valence-corrected chi connectivity index (χ0v) is 12.4. The third kappa shape index (κ3) is 3.57. The lowest BCUT2D eigenvalue weighted by Gasteiger charge is -2.32. The Morgan fingerprint density at radius 1 is 1.35 bits per heavy atom. The SMILES string of the molecule is CN1CCCCC1CNS(=O)(=O)c1ccc(C#N)cc1. The quantitative estimate of drug-likeness (QED) is 0.908. The summed E-state index contributed by atoms with van der Waals surface area (Å²) >= 11 is 0. The van der Waals surface area contributed by atoms with E-state index in [1.807, 2.05) is 13.1 Å². The summed E-state index contributed by atoms with van der Waals surface area (Å²) < 4.78 is 27.0. The van der Waals surface area contributed by atoms with Gasteiger partial charge in [-0.05, 0) is 50.7 Å². The van der Waals surface area contributed by atoms with Gasteiger partial charge in [0.1, 0.15) is 0 Å². The van der Waals surface area contributed by atoms with Crippen LogP contribution in [0, 0.1) is 11.3 Å². The maximum Gasteiger partial charge on any atom is 0.240 e. The van der Waals surface area contributed by atoms with Crippen molar-refractivity contribution in [2.45, 2.75) is 30.2 Å². The van der Waals surface area contributed by atoms with Gasteiger partial charge in [0.2, 0.25) is 10.0 Å². The van der Waals surface area contributed by atoms with Crippen molar-refractivity contribution >= 4 is 10.0 Å². The Morgan fingerprint density at radius 3 is 2.65 bits per heavy atom. The molecule has 0 aliphatic carbocycles. The minimum absolute atomic E-state index is 0.204. The molecule has 5 nitrogen and oxygen atoms in total. The Labute approximate surface area is 120 Å². The van der Waals surface area contributed by atoms with Gasteiger partial charge in [-0.15, -0.1) is 0 Å². The van der Waals surface area contributed by atoms with E-state index in [-0.39, 0.29) is 10.9 Å². The van der Waals surface area contributed by atoms with Gasteiger partial charge in [-0.25, -0.2) is 13.1 Å². The van der Waals surface area contributed by atoms with Gasteiger partial charge in [0, 0.05) is 12.6 Å². The molecule has 6 heteroatoms. The summed E-state index contributed by atoms with van der Waals surface area (Å²) in [6.45, 7) is 1.45. The molecule has 0 bridgehead atoms. The number of piperidine rings is 1. The molecule has 1 fully saturated rings. The minimum atomic E-state index is -3.49. The highest BCUT2D eigenvalue weighted by Gasteiger charge is 2.21. The van der Waals surface area contributed by atoms with Gasteiger partial charge < -0.3 is 4.90 Å². The van der Waals surface area contributed by atoms with Crippen LogP contribution in [0.1, 0.15) is 24.8 Å². The average Bonchev–Trinajstić information content (AvgIpc) is 2.46. The van der Waals surface area contributed by atoms with E-state index in [9.17, 15) is 8.42 Å². The number of sulfonamides is 1. The van der Waals surface area contributed by atoms with Crippen molar-refractivity contribution in [2.75, 3.05) is 20.1 Å². The molecule has 20 heavy (non-hydrogen) atoms. The van der Waals surface area contributed by atoms with Crippen LogP contribution in [0.25, 0.3) is 0 Å². The normalized spacial score (nSPS) is 20.5. The van der Waals surface area contributed by atoms with Crippen LogP contribution in [0.3, 0.4) is 0 Å². The van der Waals surface area contributed by atoms with Crippen LogP contribution in [-0.2, 0) is 10.0 Å². The molecule has 1 unspecified atom stereocenters. The minimum Gasteiger partial charge on any atom is -0.302 e. The summed E-state index contributed by atoms with van der Waals surface area (Å²) in [5.74, 6) is 0. The molecule has 1 aliphatic rings. The lowest BCUT2D eigenvalue weighted by molar-refractivity contribution is 0.187. The summed E-state index contributed by atoms with van der Waals surface area (Å²) in [5, 5.41) is 8.71. The van der Waals surface area contributed by atoms with Gasteiger partial charge in [0.15, 0.2) is 0 Å². The van der Waals surface area contributed by atoms with Crippen LogP contribution in [0.2, 0.25) is 0 Å². The fraction of sp³-hybridized carbons (Fsp3) is 0.500. The van der Waals surface area contributed by atoms with E-state index in [1.54, 1.807) is 0 Å². The molecule has 1 saturated heterocycles. The molecule has 108 valence electrons. The van der Waals surface area contributed by atoms with Crippen molar-refractivity contribution < 1.29 is 8.42 Å². The van der Waals surface area contributed by atoms with E-state index >= 15 is 0 Å². The van der Waals surface area contributed by atoms with Crippen LogP contribution in [0.4, 0.5) is 0 Å². The van der Waals surface area contributed by atoms with Gasteiger partial charge >= 0.3 is 0 Å². The number of rotatable bonds is 4. The molecule has 1 atom stereocenters. The lowest BCUT2D eigenvalue weighted by Crippen LogP contribution is -2.44. The van der Waals surface area contributed by atoms with Crippen LogP contribution in [0.15, 0.2) is 29.2 Å². The molecule has 1 aromatic carbocycles. The van der Waals surface area contributed by atoms with Gasteiger partial charge in [0.05, 0.1) is 16.5 Å². The highest BCUT2D eigenvalue weighted by Crippen LogP contribution is 2.15. The lowest BCUT2D eigenvalue weighted by atomic mass is 10.0. The van der Waals surface area contributed by atoms with Gasteiger partial charge in [-0.1, -0.05) is 6.42 Å². The number of benzene rings is 1. The summed E-state index contributed by atoms with van der Waals surface area (Å²) in [6.07, 6.45) is 3.34. The molecule has 0 aromatic heterocycles. The zero-order valence-electron chi connectivity index (χ0n) is 11.5. The molecule has 0 saturated carbocycles. The molecule has 0 amide bonds. The Bertz CT molecular complexity index is 590. The monoisotopic (exact) mass is 293 g/mol. The average molecular weight is 293 g/mol. The Kier molecular flexibility index (Phi) is 4.76. The van der Waals surface area contributed by atoms with Crippen LogP contribution in [0.5, 0.6) is 0 Å². The van der Waals surface area contributed by atoms with E-state index in [1.165, 1.54) is 30.7 Å². The Hall–Kier alpha value is -1.42. The number of likely N-dealkylation sites (tertiary alicyclic amines) is 1. The maximum atomic E-state index is 12.2. The van der Waals surface area contributed by atoms with Crippen molar-refractivity contribution in [2.24, 2.45) is 0 Å². The maximum absolute atomic E-state index is 12.2. The van der Waals surface area contributed by atoms with Gasteiger partial charge in [-0.2, -0.15) is 5.26 Å². The number of hydrogen-bond acceptors (Lipinski definition) is 4. The van der Waals surface area contributed by atoms with Crippen molar-refractivity contribution in [1.29, 1.82) is 5.26 Å². The topological polar surface area (TPSA) is 73.2 Å². The molecule has 0 spiro atoms. The summed E-state index contributed by atoms with van der Waals surface area (Å²) in [5.41, 5.74) is 0.455. The van der Waals surface area contributed by atoms with E-state index in [2.05, 4.69) is 9.62 Å². The smallest absolute Gasteiger partial charge is 0.240 e. The predicted molar refractivity (Wildman–Crippen MR) is 76.6 cm³/mol. The molecule has 1 aromatic rings. The van der Waals surface area contributed by atoms with E-state index in [4.69, 9.17) is 5.26 Å². The number of nitrogens with zero attached hydrogens (tertiary/aromatic N) is 2. The third-order valence-electron chi connectivity index (χ3n) is 3.72. The van der Waals surface area contributed by atoms with Crippen LogP contribution < -0.4 is 4.72 Å². The molecular formula is C14H19N3O2S. The van der Waals surface area contributed by atoms with Crippen molar-refractivity contribution in [1.82, 2.24) is 9.62 Å². The fourth-order valence-electron chi connectivity index (χ4n) is 2.40. The molecule has 1 heterocycles. The van der Waals surface area contributed by atoms with Crippen LogP contribution >= 0.6 is 0 Å². The molecule has 0 radical (unpaired) electrons. The Morgan fingerprint density at radius 2 is 2.05 bits per heavy atom. The van der Waals surface area contributed by atoms with Crippen molar-refractivity contribution in [3.8, 4) is 6.07 Å². The summed E-state index contributed by atoms with van der Waals surface area (Å²) in [4.78, 5) is 2.40. The first-order chi connectivity index (χ1) is 9.53. The van der Waals surface area contributed by atoms with Gasteiger partial charge in [0.25, 0.3) is 0 Å². The Balaban J connectivity index is 2.01. The summed E-state index contributed by atoms with van der Waals surface area (Å²) in [6, 6.07) is 8.19. The van der Waals surface area contributed by atoms with Crippen molar-refractivity contribution in [3.05, 3.63) is 29.8 Å². The predicted octanol–water partition coefficient (Wildman–Crippen LogP) is 1.32. The highest BCUT2D eigenvalue weighted by atomic mass is 32.2. The van der Waals surface area contributed by atoms with E-state index in [0.29, 0.717) is 12.1 Å². The number of nitrogens with one attached hydrogen (secondary N) is 1. The second kappa shape index (κ2) is 6.35. The highest BCUT2D eigenvalue weighted by molar-refractivity contribution is 7.89. The third-order valence-corrected chi connectivity index (χ3v) is 5.16. The molecule has 1 aliphatic heterocycles. The number of nitriles is 1. The molecular weight excluding hydrogens is 274 g/mol. The van der Waals surface area contributed by atoms with E-state index in [0.717, 1.165) is 19.4 Å². The number of likely N-dealkylation sites (N-methyl/N-ethyl adjacent to an activating group) is 1. The molecule has 2 rings (SSSR count). The first-order valence-corrected chi connectivity index (χ1v) is 8.21. The van der Waals surface area contributed by atoms with Crippen LogP contribution in [-0.4, -0.2) is 39.5 Å². The second-order valence-corrected chi connectivity index (χ2v) is 6.89. The molecule has 1 N–H and O–H groups in total. The standard InChI is InChI=1S/C14H19N3O2S/c1-17-9-3-2-4-13(17)11-16-20(18,19)14-7-5-12(10-15)6-8-14/h5-8,13,16H,2-4,9,11H2,1H3. The first-order valence-electron chi connectivity index (χ1n) is 6.73. The van der Waals surface area contributed by atoms with E-state index < -0.39 is 10.0 Å². The van der Waals surface area contributed by atoms with Crippen molar-refractivity contribution in [3.63, 3.8) is 0 Å². The number of hydrogen-bond donors (Lipinski definition) is 1. The largest absolute Gasteiger partial charge is 0.302 e. The first kappa shape index (κ1) is 15.0. The van der Waals surface area contributed by atoms with Gasteiger partial charge in [-0.3, -0.25) is 0 Å². The fourth-order valence-corrected chi connectivity index (χ4v) is 3.47. The zero-order chi connectivity index (χ0) is 14.6.